The summed E-state index contributed by atoms with van der Waals surface area (Å²) in [6.07, 6.45) is 0. The summed E-state index contributed by atoms with van der Waals surface area (Å²) in [5.74, 6) is 0. The normalized spacial score (nSPS) is 12.0. The third kappa shape index (κ3) is 10.4. The van der Waals surface area contributed by atoms with Gasteiger partial charge in [0.2, 0.25) is 0 Å². The van der Waals surface area contributed by atoms with Gasteiger partial charge in [-0.15, -0.1) is 0 Å². The summed E-state index contributed by atoms with van der Waals surface area (Å²) in [5.41, 5.74) is 29.1. The Morgan fingerprint density at radius 2 is 0.392 bits per heavy atom. The molecule has 0 N–H and O–H groups in total. The van der Waals surface area contributed by atoms with Crippen molar-refractivity contribution in [1.29, 1.82) is 0 Å². The van der Waals surface area contributed by atoms with Gasteiger partial charge in [-0.1, -0.05) is 279 Å². The Kier molecular flexibility index (Phi) is 15.0. The van der Waals surface area contributed by atoms with Gasteiger partial charge in [-0.2, -0.15) is 0 Å². The molecular formula is C114H71N5O. The lowest BCUT2D eigenvalue weighted by molar-refractivity contribution is 0.670. The molecule has 558 valence electrons. The van der Waals surface area contributed by atoms with Crippen LogP contribution in [0.3, 0.4) is 0 Å². The number of hydrogen-bond acceptors (Lipinski definition) is 1. The number of fused-ring (bicyclic) bond motifs is 24. The summed E-state index contributed by atoms with van der Waals surface area (Å²) in [6.45, 7) is 0. The molecular weight excluding hydrogens is 1460 g/mol. The van der Waals surface area contributed by atoms with Crippen LogP contribution in [0.5, 0.6) is 0 Å². The number of hydrogen-bond donors (Lipinski definition) is 0. The van der Waals surface area contributed by atoms with Crippen LogP contribution in [0.2, 0.25) is 0 Å². The van der Waals surface area contributed by atoms with Gasteiger partial charge in [-0.05, 0) is 223 Å². The van der Waals surface area contributed by atoms with E-state index >= 15 is 0 Å². The molecule has 20 aromatic carbocycles. The zero-order valence-electron chi connectivity index (χ0n) is 65.1. The van der Waals surface area contributed by atoms with Gasteiger partial charge >= 0.3 is 0 Å². The lowest BCUT2D eigenvalue weighted by Gasteiger charge is -2.14. The SMILES string of the molecule is c1ccc(-c2ccc(-n3c4ccccc4c4cc(-c5ccc6c(c5)c5ccccc5n6-c5ccc6c7ccccc7c7ccccc7c6c5)ccc43)cc2)cc1.c1ccc2c(c1)oc1c(-c3ccc(-n4c5ccccc5c5cc(-c6ccc7c(c6)c6ccccc6n7-c6ccc(-n7c8ccccc8c8ccccc87)cc6)ccc54)cc3)cccc12. The summed E-state index contributed by atoms with van der Waals surface area (Å²) in [5, 5.41) is 22.5. The van der Waals surface area contributed by atoms with Crippen LogP contribution in [0.25, 0.3) is 236 Å². The average Bonchev–Trinajstić information content (AvgIpc) is 1.50. The Labute approximate surface area is 689 Å². The van der Waals surface area contributed by atoms with E-state index in [-0.39, 0.29) is 0 Å². The summed E-state index contributed by atoms with van der Waals surface area (Å²) < 4.78 is 18.4. The number of aromatic nitrogens is 5. The van der Waals surface area contributed by atoms with Crippen molar-refractivity contribution < 1.29 is 4.42 Å². The van der Waals surface area contributed by atoms with Gasteiger partial charge in [0.25, 0.3) is 0 Å². The topological polar surface area (TPSA) is 37.8 Å². The van der Waals surface area contributed by atoms with Crippen molar-refractivity contribution in [2.75, 3.05) is 0 Å². The van der Waals surface area contributed by atoms with Crippen molar-refractivity contribution >= 4 is 163 Å². The first-order valence-electron chi connectivity index (χ1n) is 41.3. The monoisotopic (exact) mass is 1530 g/mol. The Bertz CT molecular complexity index is 8620. The van der Waals surface area contributed by atoms with Crippen LogP contribution in [-0.4, -0.2) is 22.8 Å². The van der Waals surface area contributed by atoms with Crippen LogP contribution in [0.15, 0.2) is 435 Å². The molecule has 0 aliphatic carbocycles. The van der Waals surface area contributed by atoms with Gasteiger partial charge in [-0.3, -0.25) is 0 Å². The standard InChI is InChI=1S/C60H37N3O.C54H34N2/c1-6-19-53-45(12-1)46-13-2-7-20-54(46)61(53)42-30-32-43(33-31-42)63-56-22-9-4-15-48(56)52-37-40(27-35-58(52)63)39-26-34-57-51(36-39)47-14-3-8-21-55(47)62(57)41-28-24-38(25-29-41)44-17-11-18-50-49-16-5-10-23-59(49)64-60(44)50;1-2-12-35(13-3-1)36-22-26-39(27-23-36)55-51-20-10-8-18-46(51)49-32-37(24-30-53(49)55)38-25-31-54-50(33-38)47-19-9-11-21-52(47)56(54)40-28-29-45-43-16-5-4-14-41(43)42-15-6-7-17-44(42)48(45)34-40/h1-37H;1-34H. The fourth-order valence-electron chi connectivity index (χ4n) is 19.9. The number of para-hydroxylation sites is 8. The van der Waals surface area contributed by atoms with Gasteiger partial charge < -0.3 is 27.3 Å². The highest BCUT2D eigenvalue weighted by Gasteiger charge is 2.23. The predicted molar refractivity (Wildman–Crippen MR) is 506 cm³/mol. The van der Waals surface area contributed by atoms with Gasteiger partial charge in [0.1, 0.15) is 11.2 Å². The fraction of sp³-hybridized carbons (Fsp3) is 0. The molecule has 6 heterocycles. The maximum absolute atomic E-state index is 6.40. The Morgan fingerprint density at radius 3 is 0.783 bits per heavy atom. The number of furan rings is 1. The van der Waals surface area contributed by atoms with E-state index in [1.807, 2.05) is 12.1 Å². The minimum atomic E-state index is 0.913. The molecule has 6 aromatic heterocycles. The average molecular weight is 1530 g/mol. The van der Waals surface area contributed by atoms with Crippen LogP contribution in [0.1, 0.15) is 0 Å². The van der Waals surface area contributed by atoms with Crippen LogP contribution < -0.4 is 0 Å². The van der Waals surface area contributed by atoms with Crippen molar-refractivity contribution in [2.24, 2.45) is 0 Å². The van der Waals surface area contributed by atoms with E-state index in [4.69, 9.17) is 4.42 Å². The molecule has 0 amide bonds. The highest BCUT2D eigenvalue weighted by Crippen LogP contribution is 2.45. The molecule has 0 radical (unpaired) electrons. The molecule has 0 fully saturated rings. The lowest BCUT2D eigenvalue weighted by Crippen LogP contribution is -1.97. The fourth-order valence-corrected chi connectivity index (χ4v) is 19.9. The van der Waals surface area contributed by atoms with E-state index < -0.39 is 0 Å². The maximum atomic E-state index is 6.40. The number of rotatable bonds is 9. The molecule has 0 saturated heterocycles. The molecule has 0 atom stereocenters. The van der Waals surface area contributed by atoms with Crippen LogP contribution >= 0.6 is 0 Å². The van der Waals surface area contributed by atoms with E-state index in [1.54, 1.807) is 0 Å². The second kappa shape index (κ2) is 26.8. The maximum Gasteiger partial charge on any atom is 0.143 e. The Morgan fingerprint density at radius 1 is 0.133 bits per heavy atom. The quantitative estimate of drug-likeness (QED) is 0.133. The van der Waals surface area contributed by atoms with E-state index in [9.17, 15) is 0 Å². The number of benzene rings is 20. The predicted octanol–water partition coefficient (Wildman–Crippen LogP) is 30.9. The Hall–Kier alpha value is -16.0. The first-order chi connectivity index (χ1) is 59.5. The van der Waals surface area contributed by atoms with Crippen LogP contribution in [0, 0.1) is 0 Å². The smallest absolute Gasteiger partial charge is 0.143 e. The third-order valence-electron chi connectivity index (χ3n) is 25.4. The number of nitrogens with zero attached hydrogens (tertiary/aromatic N) is 5. The molecule has 26 rings (SSSR count). The van der Waals surface area contributed by atoms with Gasteiger partial charge in [0, 0.05) is 98.6 Å². The van der Waals surface area contributed by atoms with Gasteiger partial charge in [-0.25, -0.2) is 0 Å². The largest absolute Gasteiger partial charge is 0.455 e. The lowest BCUT2D eigenvalue weighted by atomic mass is 9.94. The second-order valence-electron chi connectivity index (χ2n) is 31.8. The molecule has 120 heavy (non-hydrogen) atoms. The van der Waals surface area contributed by atoms with Gasteiger partial charge in [0.15, 0.2) is 0 Å². The molecule has 0 bridgehead atoms. The molecule has 6 nitrogen and oxygen atoms in total. The van der Waals surface area contributed by atoms with E-state index in [0.29, 0.717) is 0 Å². The Balaban J connectivity index is 0.000000134. The summed E-state index contributed by atoms with van der Waals surface area (Å²) in [6, 6.07) is 157. The molecule has 0 aliphatic rings. The van der Waals surface area contributed by atoms with Crippen molar-refractivity contribution in [3.63, 3.8) is 0 Å². The van der Waals surface area contributed by atoms with Crippen molar-refractivity contribution in [2.45, 2.75) is 0 Å². The van der Waals surface area contributed by atoms with Gasteiger partial charge in [0.05, 0.1) is 55.2 Å². The molecule has 0 aliphatic heterocycles. The van der Waals surface area contributed by atoms with E-state index in [2.05, 4.69) is 441 Å². The van der Waals surface area contributed by atoms with Crippen molar-refractivity contribution in [1.82, 2.24) is 22.8 Å². The zero-order valence-corrected chi connectivity index (χ0v) is 65.1. The van der Waals surface area contributed by atoms with E-state index in [1.165, 1.54) is 180 Å². The van der Waals surface area contributed by atoms with Crippen molar-refractivity contribution in [3.05, 3.63) is 431 Å². The highest BCUT2D eigenvalue weighted by atomic mass is 16.3. The first kappa shape index (κ1) is 67.3. The van der Waals surface area contributed by atoms with Crippen LogP contribution in [-0.2, 0) is 0 Å². The summed E-state index contributed by atoms with van der Waals surface area (Å²) in [7, 11) is 0. The second-order valence-corrected chi connectivity index (χ2v) is 31.8. The molecule has 6 heteroatoms. The molecule has 0 saturated carbocycles. The summed E-state index contributed by atoms with van der Waals surface area (Å²) in [4.78, 5) is 0. The first-order valence-corrected chi connectivity index (χ1v) is 41.3. The zero-order chi connectivity index (χ0) is 78.6. The third-order valence-corrected chi connectivity index (χ3v) is 25.4. The van der Waals surface area contributed by atoms with Crippen molar-refractivity contribution in [3.8, 4) is 72.9 Å². The highest BCUT2D eigenvalue weighted by molar-refractivity contribution is 6.26. The summed E-state index contributed by atoms with van der Waals surface area (Å²) >= 11 is 0. The van der Waals surface area contributed by atoms with Crippen LogP contribution in [0.4, 0.5) is 0 Å². The molecule has 0 spiro atoms. The minimum Gasteiger partial charge on any atom is -0.455 e. The minimum absolute atomic E-state index is 0.913. The molecule has 0 unspecified atom stereocenters. The molecule has 26 aromatic rings. The van der Waals surface area contributed by atoms with E-state index in [0.717, 1.165) is 55.8 Å².